The molecule has 0 unspecified atom stereocenters. The molecule has 2 heterocycles. The highest BCUT2D eigenvalue weighted by atomic mass is 35.5. The first-order chi connectivity index (χ1) is 14.3. The average Bonchev–Trinajstić information content (AvgIpc) is 2.68. The molecule has 1 aliphatic heterocycles. The van der Waals surface area contributed by atoms with Gasteiger partial charge in [0.15, 0.2) is 0 Å². The molecule has 30 heavy (non-hydrogen) atoms. The van der Waals surface area contributed by atoms with Gasteiger partial charge in [-0.2, -0.15) is 0 Å². The number of rotatable bonds is 4. The van der Waals surface area contributed by atoms with Gasteiger partial charge in [0.2, 0.25) is 0 Å². The lowest BCUT2D eigenvalue weighted by Crippen LogP contribution is -2.35. The molecule has 0 bridgehead atoms. The second-order valence-electron chi connectivity index (χ2n) is 7.00. The van der Waals surface area contributed by atoms with E-state index >= 15 is 0 Å². The van der Waals surface area contributed by atoms with Crippen LogP contribution in [-0.4, -0.2) is 27.8 Å². The first kappa shape index (κ1) is 20.4. The molecule has 1 aliphatic rings. The van der Waals surface area contributed by atoms with Gasteiger partial charge in [-0.25, -0.2) is 4.98 Å². The van der Waals surface area contributed by atoms with E-state index in [0.717, 1.165) is 11.3 Å². The molecule has 156 valence electrons. The van der Waals surface area contributed by atoms with Crippen molar-refractivity contribution in [2.24, 2.45) is 0 Å². The number of nitrogens with one attached hydrogen (secondary N) is 1. The molecule has 2 aromatic carbocycles. The van der Waals surface area contributed by atoms with Crippen LogP contribution in [0.4, 0.5) is 13.2 Å². The van der Waals surface area contributed by atoms with Crippen LogP contribution in [0.1, 0.15) is 16.8 Å². The van der Waals surface area contributed by atoms with Gasteiger partial charge in [-0.1, -0.05) is 23.7 Å². The third-order valence-electron chi connectivity index (χ3n) is 4.80. The van der Waals surface area contributed by atoms with Gasteiger partial charge in [0.05, 0.1) is 11.3 Å². The van der Waals surface area contributed by atoms with E-state index in [1.54, 1.807) is 30.3 Å². The topological polar surface area (TPSA) is 58.2 Å². The van der Waals surface area contributed by atoms with Crippen LogP contribution in [0.25, 0.3) is 11.4 Å². The number of benzene rings is 2. The summed E-state index contributed by atoms with van der Waals surface area (Å²) in [7, 11) is 0. The Morgan fingerprint density at radius 3 is 2.67 bits per heavy atom. The molecule has 1 aromatic heterocycles. The van der Waals surface area contributed by atoms with Crippen molar-refractivity contribution in [2.75, 3.05) is 6.54 Å². The van der Waals surface area contributed by atoms with Crippen molar-refractivity contribution in [2.45, 2.75) is 25.9 Å². The van der Waals surface area contributed by atoms with Crippen molar-refractivity contribution in [1.82, 2.24) is 14.9 Å². The lowest BCUT2D eigenvalue weighted by Gasteiger charge is -2.28. The summed E-state index contributed by atoms with van der Waals surface area (Å²) in [5.41, 5.74) is 2.52. The first-order valence-corrected chi connectivity index (χ1v) is 9.60. The van der Waals surface area contributed by atoms with E-state index < -0.39 is 6.36 Å². The highest BCUT2D eigenvalue weighted by Crippen LogP contribution is 2.25. The normalized spacial score (nSPS) is 14.4. The predicted molar refractivity (Wildman–Crippen MR) is 106 cm³/mol. The van der Waals surface area contributed by atoms with Gasteiger partial charge < -0.3 is 9.72 Å². The Balaban J connectivity index is 1.51. The minimum absolute atomic E-state index is 0.219. The molecule has 9 heteroatoms. The summed E-state index contributed by atoms with van der Waals surface area (Å²) < 4.78 is 41.3. The van der Waals surface area contributed by atoms with Crippen molar-refractivity contribution in [3.05, 3.63) is 80.7 Å². The molecule has 0 saturated carbocycles. The number of H-pyrrole nitrogens is 1. The minimum Gasteiger partial charge on any atom is -0.406 e. The molecule has 0 atom stereocenters. The summed E-state index contributed by atoms with van der Waals surface area (Å²) in [5, 5.41) is 0.597. The number of hydrogen-bond acceptors (Lipinski definition) is 4. The third kappa shape index (κ3) is 4.83. The minimum atomic E-state index is -4.73. The summed E-state index contributed by atoms with van der Waals surface area (Å²) in [6.07, 6.45) is -4.16. The van der Waals surface area contributed by atoms with Crippen molar-refractivity contribution in [3.8, 4) is 17.1 Å². The van der Waals surface area contributed by atoms with Crippen LogP contribution < -0.4 is 10.3 Å². The Kier molecular flexibility index (Phi) is 5.53. The summed E-state index contributed by atoms with van der Waals surface area (Å²) in [6.45, 7) is 1.39. The maximum absolute atomic E-state index is 12.6. The average molecular weight is 436 g/mol. The largest absolute Gasteiger partial charge is 0.573 e. The van der Waals surface area contributed by atoms with Crippen molar-refractivity contribution < 1.29 is 17.9 Å². The van der Waals surface area contributed by atoms with Crippen molar-refractivity contribution in [3.63, 3.8) is 0 Å². The van der Waals surface area contributed by atoms with Gasteiger partial charge in [0, 0.05) is 36.6 Å². The number of nitrogens with zero attached hydrogens (tertiary/aromatic N) is 2. The third-order valence-corrected chi connectivity index (χ3v) is 5.06. The summed E-state index contributed by atoms with van der Waals surface area (Å²) >= 11 is 5.91. The summed E-state index contributed by atoms with van der Waals surface area (Å²) in [5.74, 6) is 0.227. The van der Waals surface area contributed by atoms with Crippen LogP contribution in [0.5, 0.6) is 5.75 Å². The SMILES string of the molecule is O=c1[nH]c(-c2ccc(Cl)cc2)nc2c1CN(Cc1cccc(OC(F)(F)F)c1)CC2. The number of alkyl halides is 3. The Labute approximate surface area is 175 Å². The zero-order valence-electron chi connectivity index (χ0n) is 15.7. The first-order valence-electron chi connectivity index (χ1n) is 9.22. The number of aromatic amines is 1. The van der Waals surface area contributed by atoms with E-state index in [9.17, 15) is 18.0 Å². The van der Waals surface area contributed by atoms with E-state index in [0.29, 0.717) is 48.0 Å². The molecule has 3 aromatic rings. The van der Waals surface area contributed by atoms with Crippen LogP contribution >= 0.6 is 11.6 Å². The zero-order chi connectivity index (χ0) is 21.3. The van der Waals surface area contributed by atoms with Crippen LogP contribution in [0.3, 0.4) is 0 Å². The Bertz CT molecular complexity index is 1110. The second-order valence-corrected chi connectivity index (χ2v) is 7.44. The molecule has 0 radical (unpaired) electrons. The van der Waals surface area contributed by atoms with Gasteiger partial charge in [-0.3, -0.25) is 9.69 Å². The zero-order valence-corrected chi connectivity index (χ0v) is 16.4. The number of halogens is 4. The predicted octanol–water partition coefficient (Wildman–Crippen LogP) is 4.55. The van der Waals surface area contributed by atoms with Gasteiger partial charge in [0.1, 0.15) is 11.6 Å². The molecule has 0 saturated heterocycles. The molecule has 0 spiro atoms. The van der Waals surface area contributed by atoms with Gasteiger partial charge >= 0.3 is 6.36 Å². The Morgan fingerprint density at radius 2 is 1.93 bits per heavy atom. The fourth-order valence-electron chi connectivity index (χ4n) is 3.46. The van der Waals surface area contributed by atoms with E-state index in [2.05, 4.69) is 14.7 Å². The monoisotopic (exact) mass is 435 g/mol. The molecule has 1 N–H and O–H groups in total. The van der Waals surface area contributed by atoms with Crippen LogP contribution in [0.15, 0.2) is 53.3 Å². The number of fused-ring (bicyclic) bond motifs is 1. The molecule has 0 amide bonds. The Morgan fingerprint density at radius 1 is 1.17 bits per heavy atom. The smallest absolute Gasteiger partial charge is 0.406 e. The standard InChI is InChI=1S/C21H17ClF3N3O2/c22-15-6-4-14(5-7-15)19-26-18-8-9-28(12-17(18)20(29)27-19)11-13-2-1-3-16(10-13)30-21(23,24)25/h1-7,10H,8-9,11-12H2,(H,26,27,29). The number of ether oxygens (including phenoxy) is 1. The van der Waals surface area contributed by atoms with Crippen LogP contribution in [0.2, 0.25) is 5.02 Å². The summed E-state index contributed by atoms with van der Waals surface area (Å²) in [4.78, 5) is 22.0. The van der Waals surface area contributed by atoms with Crippen LogP contribution in [-0.2, 0) is 19.5 Å². The van der Waals surface area contributed by atoms with E-state index in [4.69, 9.17) is 11.6 Å². The van der Waals surface area contributed by atoms with Gasteiger partial charge in [-0.15, -0.1) is 13.2 Å². The van der Waals surface area contributed by atoms with E-state index in [1.165, 1.54) is 18.2 Å². The lowest BCUT2D eigenvalue weighted by molar-refractivity contribution is -0.274. The lowest BCUT2D eigenvalue weighted by atomic mass is 10.1. The molecule has 0 aliphatic carbocycles. The number of hydrogen-bond donors (Lipinski definition) is 1. The van der Waals surface area contributed by atoms with E-state index in [-0.39, 0.29) is 11.3 Å². The maximum atomic E-state index is 12.6. The molecule has 0 fully saturated rings. The second kappa shape index (κ2) is 8.12. The molecular formula is C21H17ClF3N3O2. The fourth-order valence-corrected chi connectivity index (χ4v) is 3.59. The van der Waals surface area contributed by atoms with Crippen molar-refractivity contribution in [1.29, 1.82) is 0 Å². The van der Waals surface area contributed by atoms with E-state index in [1.807, 2.05) is 4.90 Å². The number of aromatic nitrogens is 2. The maximum Gasteiger partial charge on any atom is 0.573 e. The summed E-state index contributed by atoms with van der Waals surface area (Å²) in [6, 6.07) is 12.9. The molecule has 5 nitrogen and oxygen atoms in total. The molecular weight excluding hydrogens is 419 g/mol. The van der Waals surface area contributed by atoms with Crippen molar-refractivity contribution >= 4 is 11.6 Å². The quantitative estimate of drug-likeness (QED) is 0.653. The highest BCUT2D eigenvalue weighted by Gasteiger charge is 2.31. The fraction of sp³-hybridized carbons (Fsp3) is 0.238. The highest BCUT2D eigenvalue weighted by molar-refractivity contribution is 6.30. The van der Waals surface area contributed by atoms with Gasteiger partial charge in [0.25, 0.3) is 5.56 Å². The molecule has 4 rings (SSSR count). The Hall–Kier alpha value is -2.84. The van der Waals surface area contributed by atoms with Gasteiger partial charge in [-0.05, 0) is 42.0 Å². The van der Waals surface area contributed by atoms with Crippen LogP contribution in [0, 0.1) is 0 Å².